The van der Waals surface area contributed by atoms with E-state index in [9.17, 15) is 17.6 Å². The Hall–Kier alpha value is -1.77. The van der Waals surface area contributed by atoms with Gasteiger partial charge in [0.2, 0.25) is 10.0 Å². The van der Waals surface area contributed by atoms with E-state index in [0.29, 0.717) is 0 Å². The molecule has 1 aromatic carbocycles. The van der Waals surface area contributed by atoms with Gasteiger partial charge in [0.05, 0.1) is 0 Å². The van der Waals surface area contributed by atoms with E-state index in [1.807, 2.05) is 0 Å². The molecule has 5 nitrogen and oxygen atoms in total. The lowest BCUT2D eigenvalue weighted by molar-refractivity contribution is 0.0698. The van der Waals surface area contributed by atoms with Crippen molar-refractivity contribution in [3.8, 4) is 0 Å². The summed E-state index contributed by atoms with van der Waals surface area (Å²) in [6.07, 6.45) is 0. The predicted octanol–water partition coefficient (Wildman–Crippen LogP) is 2.06. The second kappa shape index (κ2) is 5.70. The monoisotopic (exact) mass is 315 g/mol. The molecule has 20 heavy (non-hydrogen) atoms. The second-order valence-corrected chi connectivity index (χ2v) is 6.49. The Morgan fingerprint density at radius 2 is 2.00 bits per heavy atom. The van der Waals surface area contributed by atoms with Crippen molar-refractivity contribution in [2.24, 2.45) is 0 Å². The van der Waals surface area contributed by atoms with E-state index in [2.05, 4.69) is 4.72 Å². The summed E-state index contributed by atoms with van der Waals surface area (Å²) in [5.41, 5.74) is 0.183. The van der Waals surface area contributed by atoms with Crippen LogP contribution in [0.1, 0.15) is 15.2 Å². The summed E-state index contributed by atoms with van der Waals surface area (Å²) in [6, 6.07) is 6.95. The molecule has 0 aliphatic heterocycles. The zero-order chi connectivity index (χ0) is 14.8. The number of carboxylic acids is 1. The molecule has 0 unspecified atom stereocenters. The van der Waals surface area contributed by atoms with Gasteiger partial charge in [-0.05, 0) is 17.5 Å². The Bertz CT molecular complexity index is 739. The van der Waals surface area contributed by atoms with Gasteiger partial charge in [0.1, 0.15) is 15.6 Å². The topological polar surface area (TPSA) is 83.5 Å². The maximum atomic E-state index is 13.4. The van der Waals surface area contributed by atoms with Crippen LogP contribution in [-0.4, -0.2) is 19.5 Å². The van der Waals surface area contributed by atoms with Crippen molar-refractivity contribution in [3.63, 3.8) is 0 Å². The third kappa shape index (κ3) is 3.03. The van der Waals surface area contributed by atoms with Gasteiger partial charge in [-0.25, -0.2) is 22.3 Å². The summed E-state index contributed by atoms with van der Waals surface area (Å²) >= 11 is 0.817. The molecular weight excluding hydrogens is 305 g/mol. The van der Waals surface area contributed by atoms with Crippen molar-refractivity contribution < 1.29 is 22.7 Å². The minimum Gasteiger partial charge on any atom is -0.477 e. The number of carboxylic acid groups (broad SMARTS) is 1. The summed E-state index contributed by atoms with van der Waals surface area (Å²) in [5.74, 6) is -1.84. The van der Waals surface area contributed by atoms with E-state index >= 15 is 0 Å². The predicted molar refractivity (Wildman–Crippen MR) is 71.7 cm³/mol. The van der Waals surface area contributed by atoms with Crippen molar-refractivity contribution in [3.05, 3.63) is 52.0 Å². The van der Waals surface area contributed by atoms with Crippen LogP contribution in [-0.2, 0) is 16.6 Å². The van der Waals surface area contributed by atoms with Crippen molar-refractivity contribution >= 4 is 27.3 Å². The largest absolute Gasteiger partial charge is 0.477 e. The Labute approximate surface area is 118 Å². The molecule has 0 amide bonds. The van der Waals surface area contributed by atoms with Crippen LogP contribution in [0.2, 0.25) is 0 Å². The Morgan fingerprint density at radius 1 is 1.30 bits per heavy atom. The van der Waals surface area contributed by atoms with E-state index in [4.69, 9.17) is 5.11 Å². The van der Waals surface area contributed by atoms with Gasteiger partial charge in [0.25, 0.3) is 0 Å². The Kier molecular flexibility index (Phi) is 4.17. The Balaban J connectivity index is 2.22. The van der Waals surface area contributed by atoms with Crippen LogP contribution in [0, 0.1) is 5.82 Å². The fourth-order valence-electron chi connectivity index (χ4n) is 1.56. The highest BCUT2D eigenvalue weighted by atomic mass is 32.2. The molecule has 0 bridgehead atoms. The highest BCUT2D eigenvalue weighted by Crippen LogP contribution is 2.22. The van der Waals surface area contributed by atoms with Crippen molar-refractivity contribution in [2.45, 2.75) is 11.4 Å². The third-order valence-corrected chi connectivity index (χ3v) is 5.00. The molecule has 1 heterocycles. The van der Waals surface area contributed by atoms with Gasteiger partial charge >= 0.3 is 5.97 Å². The third-order valence-electron chi connectivity index (χ3n) is 2.52. The molecule has 1 aromatic heterocycles. The number of thiophene rings is 1. The highest BCUT2D eigenvalue weighted by molar-refractivity contribution is 7.89. The highest BCUT2D eigenvalue weighted by Gasteiger charge is 2.23. The van der Waals surface area contributed by atoms with Gasteiger partial charge < -0.3 is 5.11 Å². The fraction of sp³-hybridized carbons (Fsp3) is 0.0833. The lowest BCUT2D eigenvalue weighted by atomic mass is 10.2. The molecule has 0 radical (unpaired) electrons. The first-order chi connectivity index (χ1) is 9.42. The smallest absolute Gasteiger partial charge is 0.347 e. The van der Waals surface area contributed by atoms with Gasteiger partial charge in [-0.2, -0.15) is 0 Å². The molecule has 0 saturated carbocycles. The number of hydrogen-bond donors (Lipinski definition) is 2. The van der Waals surface area contributed by atoms with E-state index in [1.54, 1.807) is 6.07 Å². The first-order valence-corrected chi connectivity index (χ1v) is 7.82. The molecule has 106 valence electrons. The summed E-state index contributed by atoms with van der Waals surface area (Å²) in [6.45, 7) is -0.246. The lowest BCUT2D eigenvalue weighted by Crippen LogP contribution is -2.24. The minimum atomic E-state index is -3.99. The van der Waals surface area contributed by atoms with E-state index in [-0.39, 0.29) is 21.9 Å². The second-order valence-electron chi connectivity index (χ2n) is 3.84. The van der Waals surface area contributed by atoms with Crippen molar-refractivity contribution in [1.29, 1.82) is 0 Å². The molecule has 2 rings (SSSR count). The van der Waals surface area contributed by atoms with E-state index in [1.165, 1.54) is 29.6 Å². The van der Waals surface area contributed by atoms with Gasteiger partial charge in [0.15, 0.2) is 0 Å². The number of sulfonamides is 1. The number of hydrogen-bond acceptors (Lipinski definition) is 4. The van der Waals surface area contributed by atoms with Crippen LogP contribution >= 0.6 is 11.3 Å². The van der Waals surface area contributed by atoms with Gasteiger partial charge in [-0.15, -0.1) is 11.3 Å². The van der Waals surface area contributed by atoms with Crippen LogP contribution in [0.25, 0.3) is 0 Å². The van der Waals surface area contributed by atoms with Crippen LogP contribution in [0.4, 0.5) is 4.39 Å². The number of rotatable bonds is 5. The zero-order valence-electron chi connectivity index (χ0n) is 10.0. The van der Waals surface area contributed by atoms with Crippen LogP contribution in [0.15, 0.2) is 40.6 Å². The summed E-state index contributed by atoms with van der Waals surface area (Å²) in [5, 5.41) is 10.3. The number of carbonyl (C=O) groups is 1. The van der Waals surface area contributed by atoms with Crippen LogP contribution in [0.5, 0.6) is 0 Å². The lowest BCUT2D eigenvalue weighted by Gasteiger charge is -2.07. The fourth-order valence-corrected chi connectivity index (χ4v) is 3.82. The number of benzene rings is 1. The number of aromatic carboxylic acids is 1. The molecular formula is C12H10FNO4S2. The first kappa shape index (κ1) is 14.6. The summed E-state index contributed by atoms with van der Waals surface area (Å²) < 4.78 is 39.6. The molecule has 2 aromatic rings. The average Bonchev–Trinajstić information content (AvgIpc) is 2.88. The molecule has 0 aliphatic carbocycles. The maximum absolute atomic E-state index is 13.4. The molecule has 0 saturated heterocycles. The van der Waals surface area contributed by atoms with Gasteiger partial charge in [0, 0.05) is 12.1 Å². The summed E-state index contributed by atoms with van der Waals surface area (Å²) in [7, 11) is -3.99. The molecule has 8 heteroatoms. The zero-order valence-corrected chi connectivity index (χ0v) is 11.7. The van der Waals surface area contributed by atoms with Gasteiger partial charge in [-0.1, -0.05) is 18.2 Å². The molecule has 0 spiro atoms. The average molecular weight is 315 g/mol. The van der Waals surface area contributed by atoms with E-state index in [0.717, 1.165) is 11.3 Å². The molecule has 0 aliphatic rings. The SMILES string of the molecule is O=C(O)c1sccc1S(=O)(=O)NCc1ccccc1F. The molecule has 0 fully saturated rings. The molecule has 0 atom stereocenters. The quantitative estimate of drug-likeness (QED) is 0.884. The Morgan fingerprint density at radius 3 is 2.65 bits per heavy atom. The molecule has 2 N–H and O–H groups in total. The number of halogens is 1. The number of nitrogens with one attached hydrogen (secondary N) is 1. The summed E-state index contributed by atoms with van der Waals surface area (Å²) in [4.78, 5) is 10.3. The van der Waals surface area contributed by atoms with Gasteiger partial charge in [-0.3, -0.25) is 0 Å². The maximum Gasteiger partial charge on any atom is 0.347 e. The minimum absolute atomic E-state index is 0.183. The normalized spacial score (nSPS) is 11.4. The first-order valence-electron chi connectivity index (χ1n) is 5.45. The van der Waals surface area contributed by atoms with Crippen LogP contribution < -0.4 is 4.72 Å². The standard InChI is InChI=1S/C12H10FNO4S2/c13-9-4-2-1-3-8(9)7-14-20(17,18)10-5-6-19-11(10)12(15)16/h1-6,14H,7H2,(H,15,16). The van der Waals surface area contributed by atoms with E-state index < -0.39 is 21.8 Å². The van der Waals surface area contributed by atoms with Crippen molar-refractivity contribution in [2.75, 3.05) is 0 Å². The van der Waals surface area contributed by atoms with Crippen LogP contribution in [0.3, 0.4) is 0 Å². The van der Waals surface area contributed by atoms with Crippen molar-refractivity contribution in [1.82, 2.24) is 4.72 Å².